The molecule has 0 nitrogen and oxygen atoms in total. The Labute approximate surface area is 190 Å². The van der Waals surface area contributed by atoms with Crippen molar-refractivity contribution < 1.29 is 46.1 Å². The molecule has 3 heteroatoms. The summed E-state index contributed by atoms with van der Waals surface area (Å²) in [6.07, 6.45) is 25.5. The van der Waals surface area contributed by atoms with Crippen molar-refractivity contribution in [3.8, 4) is 0 Å². The van der Waals surface area contributed by atoms with Crippen LogP contribution in [-0.4, -0.2) is 4.21 Å². The molecular formula is C25H28Cl2Zr. The minimum Gasteiger partial charge on any atom is -1.00 e. The second kappa shape index (κ2) is 8.55. The van der Waals surface area contributed by atoms with Gasteiger partial charge in [-0.05, 0) is 0 Å². The van der Waals surface area contributed by atoms with E-state index in [0.29, 0.717) is 0 Å². The summed E-state index contributed by atoms with van der Waals surface area (Å²) in [6, 6.07) is 0. The van der Waals surface area contributed by atoms with Gasteiger partial charge in [0.15, 0.2) is 0 Å². The first kappa shape index (κ1) is 23.5. The van der Waals surface area contributed by atoms with Gasteiger partial charge in [-0.25, -0.2) is 0 Å². The van der Waals surface area contributed by atoms with Gasteiger partial charge in [0.1, 0.15) is 0 Å². The van der Waals surface area contributed by atoms with Crippen molar-refractivity contribution in [2.45, 2.75) is 40.5 Å². The zero-order chi connectivity index (χ0) is 18.5. The topological polar surface area (TPSA) is 0 Å². The molecule has 0 bridgehead atoms. The summed E-state index contributed by atoms with van der Waals surface area (Å²) in [5.74, 6) is 0. The van der Waals surface area contributed by atoms with Crippen molar-refractivity contribution in [1.29, 1.82) is 0 Å². The van der Waals surface area contributed by atoms with Crippen LogP contribution in [0.3, 0.4) is 0 Å². The molecule has 0 aromatic heterocycles. The third-order valence-corrected chi connectivity index (χ3v) is 11.5. The zero-order valence-electron chi connectivity index (χ0n) is 17.2. The first-order valence-corrected chi connectivity index (χ1v) is 13.8. The average Bonchev–Trinajstić information content (AvgIpc) is 3.13. The maximum absolute atomic E-state index is 4.80. The Morgan fingerprint density at radius 1 is 0.679 bits per heavy atom. The van der Waals surface area contributed by atoms with Gasteiger partial charge in [-0.3, -0.25) is 0 Å². The number of fused-ring (bicyclic) bond motifs is 2. The van der Waals surface area contributed by atoms with E-state index in [0.717, 1.165) is 12.8 Å². The number of halogens is 2. The van der Waals surface area contributed by atoms with Gasteiger partial charge in [0.25, 0.3) is 0 Å². The summed E-state index contributed by atoms with van der Waals surface area (Å²) in [5, 5.41) is 0. The van der Waals surface area contributed by atoms with Crippen LogP contribution in [0.4, 0.5) is 0 Å². The summed E-state index contributed by atoms with van der Waals surface area (Å²) in [4.78, 5) is 0. The van der Waals surface area contributed by atoms with E-state index in [-0.39, 0.29) is 35.6 Å². The van der Waals surface area contributed by atoms with E-state index in [9.17, 15) is 0 Å². The second-order valence-electron chi connectivity index (χ2n) is 8.99. The normalized spacial score (nSPS) is 22.8. The maximum atomic E-state index is 4.80. The van der Waals surface area contributed by atoms with Crippen molar-refractivity contribution in [3.05, 3.63) is 89.6 Å². The Morgan fingerprint density at radius 3 is 1.46 bits per heavy atom. The van der Waals surface area contributed by atoms with E-state index in [2.05, 4.69) is 88.5 Å². The molecule has 0 aromatic rings. The van der Waals surface area contributed by atoms with E-state index in [1.807, 2.05) is 0 Å². The maximum Gasteiger partial charge on any atom is -1.00 e. The van der Waals surface area contributed by atoms with Crippen molar-refractivity contribution in [1.82, 2.24) is 0 Å². The van der Waals surface area contributed by atoms with Gasteiger partial charge in [0, 0.05) is 0 Å². The summed E-state index contributed by atoms with van der Waals surface area (Å²) < 4.78 is 7.91. The summed E-state index contributed by atoms with van der Waals surface area (Å²) in [7, 11) is 0. The minimum absolute atomic E-state index is 0. The quantitative estimate of drug-likeness (QED) is 0.530. The van der Waals surface area contributed by atoms with Gasteiger partial charge < -0.3 is 24.8 Å². The summed E-state index contributed by atoms with van der Waals surface area (Å²) in [5.41, 5.74) is 6.35. The van der Waals surface area contributed by atoms with Gasteiger partial charge >= 0.3 is 166 Å². The molecule has 146 valence electrons. The molecule has 0 aromatic carbocycles. The SMILES string of the molecule is [CH2]=[Zr+2]([C]1=CC=C2C1=CC=CCC2(C)C)[C]1=CC=C2C1=CC=CCC2(C)C.[Cl-].[Cl-]. The second-order valence-corrected chi connectivity index (χ2v) is 14.0. The van der Waals surface area contributed by atoms with Gasteiger partial charge in [-0.15, -0.1) is 0 Å². The number of allylic oxidation sites excluding steroid dienone is 16. The van der Waals surface area contributed by atoms with Gasteiger partial charge in [-0.2, -0.15) is 0 Å². The molecule has 0 saturated carbocycles. The largest absolute Gasteiger partial charge is 1.00 e. The van der Waals surface area contributed by atoms with Gasteiger partial charge in [-0.1, -0.05) is 0 Å². The van der Waals surface area contributed by atoms with Crippen LogP contribution < -0.4 is 24.8 Å². The van der Waals surface area contributed by atoms with Crippen LogP contribution in [0.2, 0.25) is 0 Å². The van der Waals surface area contributed by atoms with Gasteiger partial charge in [0.2, 0.25) is 0 Å². The Hall–Kier alpha value is -0.747. The molecule has 0 spiro atoms. The van der Waals surface area contributed by atoms with Crippen LogP contribution in [-0.2, 0) is 21.3 Å². The van der Waals surface area contributed by atoms with Crippen LogP contribution in [0.15, 0.2) is 89.6 Å². The Morgan fingerprint density at radius 2 is 1.07 bits per heavy atom. The molecule has 0 aliphatic heterocycles. The van der Waals surface area contributed by atoms with Crippen LogP contribution >= 0.6 is 0 Å². The molecule has 0 radical (unpaired) electrons. The van der Waals surface area contributed by atoms with Crippen molar-refractivity contribution in [2.75, 3.05) is 0 Å². The van der Waals surface area contributed by atoms with Crippen LogP contribution in [0.1, 0.15) is 40.5 Å². The fraction of sp³-hybridized carbons (Fsp3) is 0.320. The monoisotopic (exact) mass is 488 g/mol. The number of hydrogen-bond donors (Lipinski definition) is 0. The number of hydrogen-bond acceptors (Lipinski definition) is 0. The molecule has 0 amide bonds. The molecule has 4 aliphatic rings. The van der Waals surface area contributed by atoms with Crippen LogP contribution in [0.25, 0.3) is 0 Å². The molecule has 0 saturated heterocycles. The Bertz CT molecular complexity index is 865. The zero-order valence-corrected chi connectivity index (χ0v) is 21.1. The Balaban J connectivity index is 0.00000140. The summed E-state index contributed by atoms with van der Waals surface area (Å²) >= 11 is -2.17. The van der Waals surface area contributed by atoms with E-state index in [1.54, 1.807) is 6.56 Å². The first-order chi connectivity index (χ1) is 12.3. The van der Waals surface area contributed by atoms with Crippen molar-refractivity contribution in [2.24, 2.45) is 10.8 Å². The predicted octanol–water partition coefficient (Wildman–Crippen LogP) is 0.517. The van der Waals surface area contributed by atoms with Crippen LogP contribution in [0, 0.1) is 10.8 Å². The average molecular weight is 491 g/mol. The molecule has 0 fully saturated rings. The fourth-order valence-electron chi connectivity index (χ4n) is 4.47. The third kappa shape index (κ3) is 3.96. The molecule has 28 heavy (non-hydrogen) atoms. The molecule has 0 heterocycles. The molecule has 4 rings (SSSR count). The van der Waals surface area contributed by atoms with Gasteiger partial charge in [0.05, 0.1) is 0 Å². The Kier molecular flexibility index (Phi) is 7.18. The predicted molar refractivity (Wildman–Crippen MR) is 111 cm³/mol. The smallest absolute Gasteiger partial charge is 1.00 e. The molecular weight excluding hydrogens is 462 g/mol. The minimum atomic E-state index is -2.17. The molecule has 0 atom stereocenters. The van der Waals surface area contributed by atoms with Crippen molar-refractivity contribution in [3.63, 3.8) is 0 Å². The third-order valence-electron chi connectivity index (χ3n) is 6.16. The first-order valence-electron chi connectivity index (χ1n) is 9.61. The van der Waals surface area contributed by atoms with Crippen molar-refractivity contribution >= 4 is 4.21 Å². The van der Waals surface area contributed by atoms with E-state index in [1.165, 1.54) is 22.3 Å². The molecule has 0 unspecified atom stereocenters. The van der Waals surface area contributed by atoms with E-state index >= 15 is 0 Å². The van der Waals surface area contributed by atoms with E-state index in [4.69, 9.17) is 4.21 Å². The summed E-state index contributed by atoms with van der Waals surface area (Å²) in [6.45, 7) is 9.45. The molecule has 0 N–H and O–H groups in total. The van der Waals surface area contributed by atoms with Crippen LogP contribution in [0.5, 0.6) is 0 Å². The number of rotatable bonds is 2. The standard InChI is InChI=1S/2C12H13.CH2.2ClH.Zr/c2*1-12(2)9-4-3-6-10-7-5-8-11(10)12;;;;/h2*3-6,8H,9H2,1-2H3;1H2;2*1H;/q;;;;;+2/p-2. The fourth-order valence-corrected chi connectivity index (χ4v) is 9.25. The molecule has 4 aliphatic carbocycles. The van der Waals surface area contributed by atoms with E-state index < -0.39 is 21.3 Å².